The molecule has 1 fully saturated rings. The Morgan fingerprint density at radius 3 is 2.37 bits per heavy atom. The average Bonchev–Trinajstić information content (AvgIpc) is 2.73. The topological polar surface area (TPSA) is 75.6 Å². The normalized spacial score (nSPS) is 16.9. The van der Waals surface area contributed by atoms with E-state index in [2.05, 4.69) is 23.8 Å². The van der Waals surface area contributed by atoms with E-state index in [1.807, 2.05) is 17.0 Å². The third-order valence-corrected chi connectivity index (χ3v) is 6.96. The highest BCUT2D eigenvalue weighted by Crippen LogP contribution is 2.23. The Balaban J connectivity index is 1.69. The standard InChI is InChI=1S/C19H26N4O3S/c1-4-15(2)16-5-7-17(8-6-16)27(24,25)23-13-11-22(12-14-23)19-20-10-9-18(21-19)26-3/h5-10,15H,4,11-14H2,1-3H3. The maximum absolute atomic E-state index is 12.9. The molecular weight excluding hydrogens is 364 g/mol. The Morgan fingerprint density at radius 2 is 1.78 bits per heavy atom. The fraction of sp³-hybridized carbons (Fsp3) is 0.474. The molecule has 3 rings (SSSR count). The van der Waals surface area contributed by atoms with E-state index in [-0.39, 0.29) is 0 Å². The first-order chi connectivity index (χ1) is 13.0. The summed E-state index contributed by atoms with van der Waals surface area (Å²) >= 11 is 0. The van der Waals surface area contributed by atoms with E-state index in [0.29, 0.717) is 48.8 Å². The summed E-state index contributed by atoms with van der Waals surface area (Å²) in [6.45, 7) is 6.14. The molecule has 1 aliphatic rings. The second kappa shape index (κ2) is 8.22. The van der Waals surface area contributed by atoms with Crippen LogP contribution >= 0.6 is 0 Å². The van der Waals surface area contributed by atoms with Gasteiger partial charge in [-0.3, -0.25) is 0 Å². The van der Waals surface area contributed by atoms with Crippen molar-refractivity contribution in [3.8, 4) is 5.88 Å². The Kier molecular flexibility index (Phi) is 5.96. The summed E-state index contributed by atoms with van der Waals surface area (Å²) in [5.41, 5.74) is 1.16. The van der Waals surface area contributed by atoms with E-state index >= 15 is 0 Å². The van der Waals surface area contributed by atoms with Crippen molar-refractivity contribution in [2.45, 2.75) is 31.1 Å². The molecule has 0 aliphatic carbocycles. The number of benzene rings is 1. The summed E-state index contributed by atoms with van der Waals surface area (Å²) in [6.07, 6.45) is 2.67. The van der Waals surface area contributed by atoms with Gasteiger partial charge in [-0.2, -0.15) is 9.29 Å². The van der Waals surface area contributed by atoms with Crippen LogP contribution in [0.4, 0.5) is 5.95 Å². The van der Waals surface area contributed by atoms with Gasteiger partial charge in [-0.15, -0.1) is 0 Å². The molecule has 1 unspecified atom stereocenters. The van der Waals surface area contributed by atoms with Crippen LogP contribution < -0.4 is 9.64 Å². The van der Waals surface area contributed by atoms with Gasteiger partial charge in [-0.1, -0.05) is 26.0 Å². The van der Waals surface area contributed by atoms with Gasteiger partial charge >= 0.3 is 0 Å². The van der Waals surface area contributed by atoms with Crippen LogP contribution in [0.15, 0.2) is 41.4 Å². The molecule has 1 aromatic heterocycles. The molecule has 1 atom stereocenters. The van der Waals surface area contributed by atoms with Gasteiger partial charge in [0.25, 0.3) is 0 Å². The maximum atomic E-state index is 12.9. The molecule has 2 aromatic rings. The molecule has 0 bridgehead atoms. The quantitative estimate of drug-likeness (QED) is 0.754. The number of hydrogen-bond acceptors (Lipinski definition) is 6. The molecule has 7 nitrogen and oxygen atoms in total. The van der Waals surface area contributed by atoms with Crippen LogP contribution in [0.3, 0.4) is 0 Å². The first-order valence-electron chi connectivity index (χ1n) is 9.17. The molecule has 0 saturated carbocycles. The van der Waals surface area contributed by atoms with Crippen LogP contribution in [0.2, 0.25) is 0 Å². The van der Waals surface area contributed by atoms with Crippen LogP contribution in [0.1, 0.15) is 31.7 Å². The highest BCUT2D eigenvalue weighted by atomic mass is 32.2. The molecule has 0 N–H and O–H groups in total. The fourth-order valence-electron chi connectivity index (χ4n) is 3.08. The van der Waals surface area contributed by atoms with Crippen molar-refractivity contribution >= 4 is 16.0 Å². The summed E-state index contributed by atoms with van der Waals surface area (Å²) < 4.78 is 32.5. The fourth-order valence-corrected chi connectivity index (χ4v) is 4.50. The summed E-state index contributed by atoms with van der Waals surface area (Å²) in [5, 5.41) is 0. The minimum Gasteiger partial charge on any atom is -0.481 e. The van der Waals surface area contributed by atoms with Gasteiger partial charge in [0, 0.05) is 38.4 Å². The Morgan fingerprint density at radius 1 is 1.11 bits per heavy atom. The van der Waals surface area contributed by atoms with Crippen LogP contribution in [0.5, 0.6) is 5.88 Å². The molecule has 8 heteroatoms. The van der Waals surface area contributed by atoms with Gasteiger partial charge in [-0.25, -0.2) is 13.4 Å². The van der Waals surface area contributed by atoms with Gasteiger partial charge in [0.15, 0.2) is 0 Å². The van der Waals surface area contributed by atoms with Crippen molar-refractivity contribution in [2.75, 3.05) is 38.2 Å². The van der Waals surface area contributed by atoms with Crippen molar-refractivity contribution in [1.29, 1.82) is 0 Å². The van der Waals surface area contributed by atoms with Gasteiger partial charge in [0.05, 0.1) is 12.0 Å². The smallest absolute Gasteiger partial charge is 0.243 e. The van der Waals surface area contributed by atoms with Crippen LogP contribution in [-0.2, 0) is 10.0 Å². The highest BCUT2D eigenvalue weighted by Gasteiger charge is 2.29. The second-order valence-electron chi connectivity index (χ2n) is 6.67. The maximum Gasteiger partial charge on any atom is 0.243 e. The van der Waals surface area contributed by atoms with Crippen molar-refractivity contribution in [2.24, 2.45) is 0 Å². The Hall–Kier alpha value is -2.19. The summed E-state index contributed by atoms with van der Waals surface area (Å²) in [7, 11) is -1.93. The number of aromatic nitrogens is 2. The van der Waals surface area contributed by atoms with Gasteiger partial charge in [-0.05, 0) is 30.0 Å². The SMILES string of the molecule is CCC(C)c1ccc(S(=O)(=O)N2CCN(c3nccc(OC)n3)CC2)cc1. The number of nitrogens with zero attached hydrogens (tertiary/aromatic N) is 4. The number of ether oxygens (including phenoxy) is 1. The van der Waals surface area contributed by atoms with Crippen LogP contribution in [0.25, 0.3) is 0 Å². The molecule has 1 aliphatic heterocycles. The third kappa shape index (κ3) is 4.22. The Bertz CT molecular complexity index is 863. The lowest BCUT2D eigenvalue weighted by atomic mass is 9.99. The zero-order chi connectivity index (χ0) is 19.4. The number of sulfonamides is 1. The molecule has 2 heterocycles. The monoisotopic (exact) mass is 390 g/mol. The van der Waals surface area contributed by atoms with E-state index in [1.165, 1.54) is 4.31 Å². The summed E-state index contributed by atoms with van der Waals surface area (Å²) in [6, 6.07) is 8.96. The van der Waals surface area contributed by atoms with Crippen LogP contribution in [-0.4, -0.2) is 56.0 Å². The minimum atomic E-state index is -3.49. The molecule has 0 amide bonds. The first-order valence-corrected chi connectivity index (χ1v) is 10.6. The van der Waals surface area contributed by atoms with Gasteiger partial charge < -0.3 is 9.64 Å². The molecule has 0 spiro atoms. The largest absolute Gasteiger partial charge is 0.481 e. The van der Waals surface area contributed by atoms with Gasteiger partial charge in [0.2, 0.25) is 21.9 Å². The van der Waals surface area contributed by atoms with Crippen molar-refractivity contribution < 1.29 is 13.2 Å². The van der Waals surface area contributed by atoms with Gasteiger partial charge in [0.1, 0.15) is 0 Å². The van der Waals surface area contributed by atoms with E-state index in [1.54, 1.807) is 31.5 Å². The molecular formula is C19H26N4O3S. The number of methoxy groups -OCH3 is 1. The zero-order valence-corrected chi connectivity index (χ0v) is 16.8. The average molecular weight is 391 g/mol. The lowest BCUT2D eigenvalue weighted by Crippen LogP contribution is -2.49. The number of hydrogen-bond donors (Lipinski definition) is 0. The van der Waals surface area contributed by atoms with Crippen LogP contribution in [0, 0.1) is 0 Å². The molecule has 0 radical (unpaired) electrons. The summed E-state index contributed by atoms with van der Waals surface area (Å²) in [5.74, 6) is 1.48. The summed E-state index contributed by atoms with van der Waals surface area (Å²) in [4.78, 5) is 10.9. The van der Waals surface area contributed by atoms with E-state index in [4.69, 9.17) is 4.74 Å². The highest BCUT2D eigenvalue weighted by molar-refractivity contribution is 7.89. The minimum absolute atomic E-state index is 0.348. The van der Waals surface area contributed by atoms with Crippen molar-refractivity contribution in [1.82, 2.24) is 14.3 Å². The predicted molar refractivity (Wildman–Crippen MR) is 105 cm³/mol. The zero-order valence-electron chi connectivity index (χ0n) is 16.0. The van der Waals surface area contributed by atoms with E-state index in [9.17, 15) is 8.42 Å². The first kappa shape index (κ1) is 19.6. The van der Waals surface area contributed by atoms with Crippen molar-refractivity contribution in [3.63, 3.8) is 0 Å². The van der Waals surface area contributed by atoms with Crippen molar-refractivity contribution in [3.05, 3.63) is 42.1 Å². The molecule has 146 valence electrons. The number of anilines is 1. The number of piperazine rings is 1. The molecule has 27 heavy (non-hydrogen) atoms. The third-order valence-electron chi connectivity index (χ3n) is 5.05. The lowest BCUT2D eigenvalue weighted by molar-refractivity contribution is 0.377. The van der Waals surface area contributed by atoms with E-state index < -0.39 is 10.0 Å². The second-order valence-corrected chi connectivity index (χ2v) is 8.61. The van der Waals surface area contributed by atoms with E-state index in [0.717, 1.165) is 12.0 Å². The molecule has 1 saturated heterocycles. The predicted octanol–water partition coefficient (Wildman–Crippen LogP) is 2.51. The molecule has 1 aromatic carbocycles. The Labute approximate surface area is 161 Å². The lowest BCUT2D eigenvalue weighted by Gasteiger charge is -2.34. The number of rotatable bonds is 6.